The number of allylic oxidation sites excluding steroid dienone is 1. The van der Waals surface area contributed by atoms with Crippen molar-refractivity contribution in [2.24, 2.45) is 5.92 Å². The Morgan fingerprint density at radius 3 is 2.65 bits per heavy atom. The Balaban J connectivity index is 2.65. The summed E-state index contributed by atoms with van der Waals surface area (Å²) < 4.78 is 0. The molecule has 2 nitrogen and oxygen atoms in total. The van der Waals surface area contributed by atoms with Crippen LogP contribution in [-0.2, 0) is 4.79 Å². The third kappa shape index (κ3) is 4.90. The number of nitrogens with zero attached hydrogens (tertiary/aromatic N) is 1. The monoisotopic (exact) mass is 251 g/mol. The molecule has 1 heterocycles. The van der Waals surface area contributed by atoms with E-state index in [0.717, 1.165) is 6.54 Å². The number of carbonyl (C=O) groups is 1. The van der Waals surface area contributed by atoms with Gasteiger partial charge in [0.05, 0.1) is 8.07 Å². The molecule has 0 aromatic carbocycles. The maximum Gasteiger partial charge on any atom is 0.159 e. The van der Waals surface area contributed by atoms with Crippen molar-refractivity contribution in [1.82, 2.24) is 4.90 Å². The topological polar surface area (TPSA) is 20.3 Å². The minimum absolute atomic E-state index is 0.258. The first kappa shape index (κ1) is 14.2. The quantitative estimate of drug-likeness (QED) is 0.715. The van der Waals surface area contributed by atoms with Crippen LogP contribution in [0, 0.1) is 5.92 Å². The van der Waals surface area contributed by atoms with Gasteiger partial charge in [-0.3, -0.25) is 4.79 Å². The van der Waals surface area contributed by atoms with E-state index >= 15 is 0 Å². The Morgan fingerprint density at radius 1 is 1.47 bits per heavy atom. The summed E-state index contributed by atoms with van der Waals surface area (Å²) in [5.41, 5.74) is 2.37. The van der Waals surface area contributed by atoms with Crippen LogP contribution in [0.5, 0.6) is 0 Å². The lowest BCUT2D eigenvalue weighted by atomic mass is 9.95. The van der Waals surface area contributed by atoms with Gasteiger partial charge >= 0.3 is 0 Å². The molecule has 96 valence electrons. The average Bonchev–Trinajstić information content (AvgIpc) is 2.18. The molecular weight excluding hydrogens is 226 g/mol. The van der Waals surface area contributed by atoms with Crippen molar-refractivity contribution < 1.29 is 4.79 Å². The molecule has 3 heteroatoms. The highest BCUT2D eigenvalue weighted by Gasteiger charge is 2.24. The van der Waals surface area contributed by atoms with E-state index < -0.39 is 8.07 Å². The Hall–Kier alpha value is -0.833. The second-order valence-corrected chi connectivity index (χ2v) is 11.3. The predicted molar refractivity (Wildman–Crippen MR) is 76.6 cm³/mol. The van der Waals surface area contributed by atoms with Gasteiger partial charge in [-0.25, -0.2) is 0 Å². The van der Waals surface area contributed by atoms with Crippen molar-refractivity contribution in [2.75, 3.05) is 6.54 Å². The van der Waals surface area contributed by atoms with Crippen molar-refractivity contribution in [2.45, 2.75) is 46.0 Å². The molecule has 0 fully saturated rings. The summed E-state index contributed by atoms with van der Waals surface area (Å²) in [6.07, 6.45) is 6.60. The number of ketones is 1. The summed E-state index contributed by atoms with van der Waals surface area (Å²) in [6, 6.07) is 0.360. The molecule has 1 aliphatic heterocycles. The molecule has 1 aliphatic rings. The van der Waals surface area contributed by atoms with Crippen LogP contribution in [0.2, 0.25) is 19.6 Å². The first-order valence-electron chi connectivity index (χ1n) is 6.44. The number of hydrogen-bond donors (Lipinski definition) is 0. The molecule has 0 radical (unpaired) electrons. The molecule has 0 bridgehead atoms. The molecule has 1 unspecified atom stereocenters. The van der Waals surface area contributed by atoms with Gasteiger partial charge in [0.2, 0.25) is 0 Å². The van der Waals surface area contributed by atoms with E-state index in [0.29, 0.717) is 18.4 Å². The minimum atomic E-state index is -1.10. The zero-order valence-corrected chi connectivity index (χ0v) is 12.7. The van der Waals surface area contributed by atoms with Crippen LogP contribution < -0.4 is 0 Å². The second-order valence-electron chi connectivity index (χ2n) is 6.26. The van der Waals surface area contributed by atoms with E-state index in [-0.39, 0.29) is 5.78 Å². The van der Waals surface area contributed by atoms with Crippen LogP contribution >= 0.6 is 0 Å². The fourth-order valence-corrected chi connectivity index (χ4v) is 2.84. The Bertz CT molecular complexity index is 326. The zero-order valence-electron chi connectivity index (χ0n) is 11.7. The lowest BCUT2D eigenvalue weighted by molar-refractivity contribution is -0.116. The smallest absolute Gasteiger partial charge is 0.159 e. The van der Waals surface area contributed by atoms with Crippen LogP contribution in [0.4, 0.5) is 0 Å². The van der Waals surface area contributed by atoms with Gasteiger partial charge in [0.25, 0.3) is 0 Å². The first-order valence-corrected chi connectivity index (χ1v) is 10.0. The molecule has 0 saturated heterocycles. The third-order valence-electron chi connectivity index (χ3n) is 2.99. The highest BCUT2D eigenvalue weighted by Crippen LogP contribution is 2.19. The van der Waals surface area contributed by atoms with Gasteiger partial charge in [0.15, 0.2) is 5.78 Å². The summed E-state index contributed by atoms with van der Waals surface area (Å²) in [6.45, 7) is 12.3. The maximum atomic E-state index is 11.4. The Morgan fingerprint density at radius 2 is 2.12 bits per heavy atom. The predicted octanol–water partition coefficient (Wildman–Crippen LogP) is 3.23. The van der Waals surface area contributed by atoms with Crippen molar-refractivity contribution >= 4 is 13.9 Å². The van der Waals surface area contributed by atoms with E-state index in [1.807, 2.05) is 6.20 Å². The van der Waals surface area contributed by atoms with Crippen LogP contribution in [-0.4, -0.2) is 31.3 Å². The fraction of sp³-hybridized carbons (Fsp3) is 0.643. The van der Waals surface area contributed by atoms with Gasteiger partial charge in [-0.1, -0.05) is 45.3 Å². The third-order valence-corrected chi connectivity index (χ3v) is 4.23. The molecule has 1 rings (SSSR count). The van der Waals surface area contributed by atoms with E-state index in [9.17, 15) is 4.79 Å². The lowest BCUT2D eigenvalue weighted by Crippen LogP contribution is -2.39. The largest absolute Gasteiger partial charge is 0.370 e. The first-order chi connectivity index (χ1) is 7.79. The van der Waals surface area contributed by atoms with Gasteiger partial charge in [-0.05, 0) is 12.0 Å². The molecule has 0 aliphatic carbocycles. The molecule has 0 amide bonds. The van der Waals surface area contributed by atoms with Crippen LogP contribution in [0.25, 0.3) is 0 Å². The molecule has 1 atom stereocenters. The zero-order chi connectivity index (χ0) is 13.1. The van der Waals surface area contributed by atoms with E-state index in [1.54, 1.807) is 6.08 Å². The van der Waals surface area contributed by atoms with Crippen molar-refractivity contribution in [1.29, 1.82) is 0 Å². The SMILES string of the molecule is CC(C)C1CC(=O)C=CN1C/C=C/[Si](C)(C)C. The van der Waals surface area contributed by atoms with Crippen molar-refractivity contribution in [3.8, 4) is 0 Å². The summed E-state index contributed by atoms with van der Waals surface area (Å²) in [4.78, 5) is 13.7. The summed E-state index contributed by atoms with van der Waals surface area (Å²) in [5, 5.41) is 0. The second kappa shape index (κ2) is 5.67. The van der Waals surface area contributed by atoms with Gasteiger partial charge in [-0.2, -0.15) is 0 Å². The highest BCUT2D eigenvalue weighted by atomic mass is 28.3. The summed E-state index contributed by atoms with van der Waals surface area (Å²) in [5.74, 6) is 0.776. The Kier molecular flexibility index (Phi) is 4.75. The van der Waals surface area contributed by atoms with Crippen molar-refractivity contribution in [3.05, 3.63) is 24.1 Å². The highest BCUT2D eigenvalue weighted by molar-refractivity contribution is 6.80. The summed E-state index contributed by atoms with van der Waals surface area (Å²) >= 11 is 0. The van der Waals surface area contributed by atoms with Crippen molar-refractivity contribution in [3.63, 3.8) is 0 Å². The summed E-state index contributed by atoms with van der Waals surface area (Å²) in [7, 11) is -1.10. The standard InChI is InChI=1S/C14H25NOSi/c1-12(2)14-11-13(16)7-9-15(14)8-6-10-17(3,4)5/h6-7,9-10,12,14H,8,11H2,1-5H3/b10-6+. The number of carbonyl (C=O) groups excluding carboxylic acids is 1. The molecule has 0 spiro atoms. The lowest BCUT2D eigenvalue weighted by Gasteiger charge is -2.34. The number of hydrogen-bond acceptors (Lipinski definition) is 2. The fourth-order valence-electron chi connectivity index (χ4n) is 2.02. The molecule has 0 aromatic heterocycles. The molecule has 0 aromatic rings. The molecule has 0 saturated carbocycles. The van der Waals surface area contributed by atoms with Gasteiger partial charge in [0.1, 0.15) is 0 Å². The van der Waals surface area contributed by atoms with E-state index in [4.69, 9.17) is 0 Å². The number of rotatable bonds is 4. The normalized spacial score (nSPS) is 21.9. The van der Waals surface area contributed by atoms with Crippen LogP contribution in [0.1, 0.15) is 20.3 Å². The van der Waals surface area contributed by atoms with Crippen LogP contribution in [0.15, 0.2) is 24.1 Å². The van der Waals surface area contributed by atoms with Gasteiger partial charge in [-0.15, -0.1) is 0 Å². The van der Waals surface area contributed by atoms with Gasteiger partial charge < -0.3 is 4.90 Å². The molecule has 17 heavy (non-hydrogen) atoms. The minimum Gasteiger partial charge on any atom is -0.370 e. The molecular formula is C14H25NOSi. The maximum absolute atomic E-state index is 11.4. The molecule has 0 N–H and O–H groups in total. The van der Waals surface area contributed by atoms with E-state index in [2.05, 4.69) is 50.2 Å². The van der Waals surface area contributed by atoms with E-state index in [1.165, 1.54) is 0 Å². The Labute approximate surface area is 106 Å². The van der Waals surface area contributed by atoms with Gasteiger partial charge in [0, 0.05) is 25.2 Å². The van der Waals surface area contributed by atoms with Crippen LogP contribution in [0.3, 0.4) is 0 Å². The average molecular weight is 251 g/mol.